The fourth-order valence-corrected chi connectivity index (χ4v) is 3.87. The maximum Gasteiger partial charge on any atom is 0.336 e. The van der Waals surface area contributed by atoms with E-state index in [-0.39, 0.29) is 23.9 Å². The van der Waals surface area contributed by atoms with E-state index in [9.17, 15) is 14.4 Å². The number of carbonyl (C=O) groups excluding carboxylic acids is 1. The Hall–Kier alpha value is -3.84. The molecular weight excluding hydrogens is 442 g/mol. The monoisotopic (exact) mass is 463 g/mol. The summed E-state index contributed by atoms with van der Waals surface area (Å²) in [7, 11) is 1.53. The Balaban J connectivity index is 1.79. The molecule has 168 valence electrons. The largest absolute Gasteiger partial charge is 0.497 e. The molecule has 1 heterocycles. The maximum absolute atomic E-state index is 13.4. The van der Waals surface area contributed by atoms with Crippen LogP contribution in [0, 0.1) is 0 Å². The van der Waals surface area contributed by atoms with Crippen LogP contribution in [0.3, 0.4) is 0 Å². The van der Waals surface area contributed by atoms with Crippen LogP contribution in [0.25, 0.3) is 16.6 Å². The fourth-order valence-electron chi connectivity index (χ4n) is 3.71. The van der Waals surface area contributed by atoms with Crippen LogP contribution in [-0.2, 0) is 11.3 Å². The van der Waals surface area contributed by atoms with E-state index in [2.05, 4.69) is 5.32 Å². The summed E-state index contributed by atoms with van der Waals surface area (Å²) in [6.45, 7) is 1.59. The van der Waals surface area contributed by atoms with E-state index in [1.54, 1.807) is 36.4 Å². The van der Waals surface area contributed by atoms with E-state index in [0.717, 1.165) is 10.1 Å². The first-order valence-electron chi connectivity index (χ1n) is 10.3. The van der Waals surface area contributed by atoms with E-state index >= 15 is 0 Å². The second-order valence-electron chi connectivity index (χ2n) is 7.57. The highest BCUT2D eigenvalue weighted by molar-refractivity contribution is 6.31. The summed E-state index contributed by atoms with van der Waals surface area (Å²) in [5, 5.41) is 3.54. The molecule has 1 N–H and O–H groups in total. The molecule has 1 aromatic heterocycles. The lowest BCUT2D eigenvalue weighted by Crippen LogP contribution is -2.42. The number of hydrogen-bond acceptors (Lipinski definition) is 4. The molecule has 0 aliphatic carbocycles. The average Bonchev–Trinajstić information content (AvgIpc) is 2.82. The number of amides is 1. The molecule has 3 aromatic carbocycles. The van der Waals surface area contributed by atoms with Crippen molar-refractivity contribution in [1.29, 1.82) is 0 Å². The SMILES string of the molecule is COc1ccc(-n2c(=O)c3ccc(Cl)cc3n(CC(=O)NC(C)c3ccccc3)c2=O)cc1. The predicted octanol–water partition coefficient (Wildman–Crippen LogP) is 3.69. The molecule has 8 heteroatoms. The van der Waals surface area contributed by atoms with Crippen molar-refractivity contribution in [3.63, 3.8) is 0 Å². The van der Waals surface area contributed by atoms with Gasteiger partial charge in [-0.05, 0) is 55.0 Å². The van der Waals surface area contributed by atoms with E-state index in [1.807, 2.05) is 37.3 Å². The molecule has 0 saturated carbocycles. The van der Waals surface area contributed by atoms with Crippen LogP contribution < -0.4 is 21.3 Å². The average molecular weight is 464 g/mol. The summed E-state index contributed by atoms with van der Waals surface area (Å²) in [4.78, 5) is 39.5. The molecule has 0 aliphatic rings. The molecular formula is C25H22ClN3O4. The highest BCUT2D eigenvalue weighted by Gasteiger charge is 2.18. The zero-order valence-corrected chi connectivity index (χ0v) is 18.9. The van der Waals surface area contributed by atoms with E-state index < -0.39 is 11.2 Å². The van der Waals surface area contributed by atoms with Crippen molar-refractivity contribution in [3.8, 4) is 11.4 Å². The first-order valence-corrected chi connectivity index (χ1v) is 10.7. The normalized spacial score (nSPS) is 11.8. The zero-order chi connectivity index (χ0) is 23.5. The summed E-state index contributed by atoms with van der Waals surface area (Å²) >= 11 is 6.15. The van der Waals surface area contributed by atoms with Crippen molar-refractivity contribution in [1.82, 2.24) is 14.5 Å². The van der Waals surface area contributed by atoms with E-state index in [1.165, 1.54) is 17.7 Å². The lowest BCUT2D eigenvalue weighted by Gasteiger charge is -2.17. The van der Waals surface area contributed by atoms with Gasteiger partial charge in [0.1, 0.15) is 12.3 Å². The van der Waals surface area contributed by atoms with Gasteiger partial charge in [-0.1, -0.05) is 41.9 Å². The Bertz CT molecular complexity index is 1430. The second kappa shape index (κ2) is 9.34. The predicted molar refractivity (Wildman–Crippen MR) is 128 cm³/mol. The number of ether oxygens (including phenoxy) is 1. The van der Waals surface area contributed by atoms with Gasteiger partial charge < -0.3 is 10.1 Å². The smallest absolute Gasteiger partial charge is 0.336 e. The van der Waals surface area contributed by atoms with Gasteiger partial charge in [-0.2, -0.15) is 0 Å². The van der Waals surface area contributed by atoms with Gasteiger partial charge in [0.2, 0.25) is 5.91 Å². The Morgan fingerprint density at radius 1 is 1.03 bits per heavy atom. The van der Waals surface area contributed by atoms with Gasteiger partial charge in [-0.25, -0.2) is 9.36 Å². The summed E-state index contributed by atoms with van der Waals surface area (Å²) in [5.74, 6) is 0.226. The Labute approximate surface area is 194 Å². The Morgan fingerprint density at radius 2 is 1.73 bits per heavy atom. The zero-order valence-electron chi connectivity index (χ0n) is 18.1. The summed E-state index contributed by atoms with van der Waals surface area (Å²) in [6, 6.07) is 20.5. The molecule has 7 nitrogen and oxygen atoms in total. The lowest BCUT2D eigenvalue weighted by molar-refractivity contribution is -0.122. The van der Waals surface area contributed by atoms with Gasteiger partial charge in [0.05, 0.1) is 29.7 Å². The van der Waals surface area contributed by atoms with Crippen LogP contribution in [-0.4, -0.2) is 22.2 Å². The van der Waals surface area contributed by atoms with Gasteiger partial charge in [0.15, 0.2) is 0 Å². The van der Waals surface area contributed by atoms with Crippen molar-refractivity contribution in [3.05, 3.63) is 104 Å². The molecule has 0 spiro atoms. The van der Waals surface area contributed by atoms with Crippen LogP contribution in [0.4, 0.5) is 0 Å². The highest BCUT2D eigenvalue weighted by atomic mass is 35.5. The number of methoxy groups -OCH3 is 1. The molecule has 0 saturated heterocycles. The third kappa shape index (κ3) is 4.54. The van der Waals surface area contributed by atoms with Gasteiger partial charge in [-0.3, -0.25) is 14.2 Å². The topological polar surface area (TPSA) is 82.3 Å². The molecule has 33 heavy (non-hydrogen) atoms. The van der Waals surface area contributed by atoms with Crippen LogP contribution in [0.5, 0.6) is 5.75 Å². The number of rotatable bonds is 6. The first-order chi connectivity index (χ1) is 15.9. The molecule has 0 fully saturated rings. The maximum atomic E-state index is 13.4. The minimum atomic E-state index is -0.637. The first kappa shape index (κ1) is 22.4. The molecule has 1 amide bonds. The minimum absolute atomic E-state index is 0.253. The number of aromatic nitrogens is 2. The standard InChI is InChI=1S/C25H22ClN3O4/c1-16(17-6-4-3-5-7-17)27-23(30)15-28-22-14-18(26)8-13-21(22)24(31)29(25(28)32)19-9-11-20(33-2)12-10-19/h3-14,16H,15H2,1-2H3,(H,27,30). The van der Waals surface area contributed by atoms with Gasteiger partial charge in [0, 0.05) is 5.02 Å². The number of benzene rings is 3. The van der Waals surface area contributed by atoms with E-state index in [4.69, 9.17) is 16.3 Å². The third-order valence-corrected chi connectivity index (χ3v) is 5.65. The molecule has 1 atom stereocenters. The number of hydrogen-bond donors (Lipinski definition) is 1. The molecule has 4 aromatic rings. The Morgan fingerprint density at radius 3 is 2.39 bits per heavy atom. The quantitative estimate of drug-likeness (QED) is 0.472. The van der Waals surface area contributed by atoms with Crippen LogP contribution >= 0.6 is 11.6 Å². The van der Waals surface area contributed by atoms with Crippen molar-refractivity contribution < 1.29 is 9.53 Å². The number of nitrogens with zero attached hydrogens (tertiary/aromatic N) is 2. The van der Waals surface area contributed by atoms with Gasteiger partial charge in [0.25, 0.3) is 5.56 Å². The van der Waals surface area contributed by atoms with Crippen molar-refractivity contribution in [2.45, 2.75) is 19.5 Å². The lowest BCUT2D eigenvalue weighted by atomic mass is 10.1. The molecule has 1 unspecified atom stereocenters. The second-order valence-corrected chi connectivity index (χ2v) is 8.01. The number of nitrogens with one attached hydrogen (secondary N) is 1. The van der Waals surface area contributed by atoms with Crippen LogP contribution in [0.15, 0.2) is 82.4 Å². The van der Waals surface area contributed by atoms with Crippen LogP contribution in [0.1, 0.15) is 18.5 Å². The Kier molecular flexibility index (Phi) is 6.33. The van der Waals surface area contributed by atoms with E-state index in [0.29, 0.717) is 22.0 Å². The molecule has 0 radical (unpaired) electrons. The van der Waals surface area contributed by atoms with Crippen molar-refractivity contribution in [2.24, 2.45) is 0 Å². The third-order valence-electron chi connectivity index (χ3n) is 5.42. The van der Waals surface area contributed by atoms with Crippen LogP contribution in [0.2, 0.25) is 5.02 Å². The number of fused-ring (bicyclic) bond motifs is 1. The van der Waals surface area contributed by atoms with Crippen molar-refractivity contribution >= 4 is 28.4 Å². The fraction of sp³-hybridized carbons (Fsp3) is 0.160. The van der Waals surface area contributed by atoms with Gasteiger partial charge in [-0.15, -0.1) is 0 Å². The van der Waals surface area contributed by atoms with Crippen molar-refractivity contribution in [2.75, 3.05) is 7.11 Å². The number of halogens is 1. The number of carbonyl (C=O) groups is 1. The minimum Gasteiger partial charge on any atom is -0.497 e. The molecule has 4 rings (SSSR count). The summed E-state index contributed by atoms with van der Waals surface area (Å²) in [5.41, 5.74) is 0.474. The summed E-state index contributed by atoms with van der Waals surface area (Å²) < 4.78 is 7.47. The summed E-state index contributed by atoms with van der Waals surface area (Å²) in [6.07, 6.45) is 0. The molecule has 0 bridgehead atoms. The highest BCUT2D eigenvalue weighted by Crippen LogP contribution is 2.18. The molecule has 0 aliphatic heterocycles. The van der Waals surface area contributed by atoms with Gasteiger partial charge >= 0.3 is 5.69 Å².